The number of hydrogen-bond donors (Lipinski definition) is 1. The highest BCUT2D eigenvalue weighted by Crippen LogP contribution is 2.34. The summed E-state index contributed by atoms with van der Waals surface area (Å²) in [6.07, 6.45) is 2.16. The minimum atomic E-state index is -0.0578. The SMILES string of the molecule is COc1cc(NC(=O)N2CCCC2)c(Br)cc1Br. The van der Waals surface area contributed by atoms with Gasteiger partial charge in [-0.1, -0.05) is 0 Å². The molecule has 1 aliphatic rings. The maximum atomic E-state index is 12.0. The highest BCUT2D eigenvalue weighted by molar-refractivity contribution is 9.11. The van der Waals surface area contributed by atoms with E-state index in [4.69, 9.17) is 4.74 Å². The topological polar surface area (TPSA) is 41.6 Å². The molecule has 6 heteroatoms. The summed E-state index contributed by atoms with van der Waals surface area (Å²) >= 11 is 6.82. The zero-order chi connectivity index (χ0) is 13.1. The molecule has 1 aromatic rings. The first-order valence-electron chi connectivity index (χ1n) is 5.71. The Morgan fingerprint density at radius 1 is 1.28 bits per heavy atom. The number of rotatable bonds is 2. The maximum Gasteiger partial charge on any atom is 0.321 e. The highest BCUT2D eigenvalue weighted by atomic mass is 79.9. The van der Waals surface area contributed by atoms with Gasteiger partial charge in [-0.15, -0.1) is 0 Å². The molecule has 0 radical (unpaired) electrons. The zero-order valence-electron chi connectivity index (χ0n) is 10.0. The van der Waals surface area contributed by atoms with Crippen LogP contribution in [-0.2, 0) is 0 Å². The predicted molar refractivity (Wildman–Crippen MR) is 78.2 cm³/mol. The zero-order valence-corrected chi connectivity index (χ0v) is 13.2. The van der Waals surface area contributed by atoms with Crippen molar-refractivity contribution in [3.8, 4) is 5.75 Å². The monoisotopic (exact) mass is 376 g/mol. The summed E-state index contributed by atoms with van der Waals surface area (Å²) in [5.41, 5.74) is 0.715. The van der Waals surface area contributed by atoms with Crippen LogP contribution in [0.4, 0.5) is 10.5 Å². The number of halogens is 2. The van der Waals surface area contributed by atoms with E-state index in [9.17, 15) is 4.79 Å². The molecule has 1 saturated heterocycles. The number of nitrogens with zero attached hydrogens (tertiary/aromatic N) is 1. The number of methoxy groups -OCH3 is 1. The molecule has 0 unspecified atom stereocenters. The van der Waals surface area contributed by atoms with E-state index in [2.05, 4.69) is 37.2 Å². The van der Waals surface area contributed by atoms with Crippen LogP contribution in [0.5, 0.6) is 5.75 Å². The number of benzene rings is 1. The fourth-order valence-corrected chi connectivity index (χ4v) is 3.15. The van der Waals surface area contributed by atoms with Crippen LogP contribution in [0, 0.1) is 0 Å². The second kappa shape index (κ2) is 5.93. The minimum absolute atomic E-state index is 0.0578. The molecular weight excluding hydrogens is 364 g/mol. The molecular formula is C12H14Br2N2O2. The van der Waals surface area contributed by atoms with E-state index in [0.717, 1.165) is 34.9 Å². The van der Waals surface area contributed by atoms with Gasteiger partial charge in [-0.25, -0.2) is 4.79 Å². The number of anilines is 1. The van der Waals surface area contributed by atoms with E-state index in [0.29, 0.717) is 11.4 Å². The van der Waals surface area contributed by atoms with Gasteiger partial charge in [-0.05, 0) is 50.8 Å². The molecule has 1 aromatic carbocycles. The van der Waals surface area contributed by atoms with Gasteiger partial charge < -0.3 is 15.0 Å². The van der Waals surface area contributed by atoms with Gasteiger partial charge in [0.15, 0.2) is 0 Å². The van der Waals surface area contributed by atoms with Crippen molar-refractivity contribution >= 4 is 43.6 Å². The third kappa shape index (κ3) is 2.98. The first-order chi connectivity index (χ1) is 8.61. The molecule has 98 valence electrons. The second-order valence-electron chi connectivity index (χ2n) is 4.09. The molecule has 0 saturated carbocycles. The number of carbonyl (C=O) groups is 1. The van der Waals surface area contributed by atoms with E-state index in [1.807, 2.05) is 11.0 Å². The Bertz CT molecular complexity index is 460. The normalized spacial score (nSPS) is 14.7. The van der Waals surface area contributed by atoms with Gasteiger partial charge in [0.1, 0.15) is 5.75 Å². The molecule has 0 aliphatic carbocycles. The Labute approximate surface area is 123 Å². The summed E-state index contributed by atoms with van der Waals surface area (Å²) in [4.78, 5) is 13.8. The quantitative estimate of drug-likeness (QED) is 0.850. The third-order valence-corrected chi connectivity index (χ3v) is 4.15. The number of likely N-dealkylation sites (tertiary alicyclic amines) is 1. The van der Waals surface area contributed by atoms with Crippen LogP contribution in [0.2, 0.25) is 0 Å². The van der Waals surface area contributed by atoms with Crippen molar-refractivity contribution in [3.63, 3.8) is 0 Å². The molecule has 2 rings (SSSR count). The fraction of sp³-hybridized carbons (Fsp3) is 0.417. The van der Waals surface area contributed by atoms with Crippen molar-refractivity contribution in [1.29, 1.82) is 0 Å². The Balaban J connectivity index is 2.15. The molecule has 2 amide bonds. The van der Waals surface area contributed by atoms with E-state index < -0.39 is 0 Å². The predicted octanol–water partition coefficient (Wildman–Crippen LogP) is 3.85. The smallest absolute Gasteiger partial charge is 0.321 e. The minimum Gasteiger partial charge on any atom is -0.495 e. The van der Waals surface area contributed by atoms with E-state index in [-0.39, 0.29) is 6.03 Å². The summed E-state index contributed by atoms with van der Waals surface area (Å²) < 4.78 is 6.88. The largest absolute Gasteiger partial charge is 0.495 e. The molecule has 18 heavy (non-hydrogen) atoms. The molecule has 1 aliphatic heterocycles. The average molecular weight is 378 g/mol. The fourth-order valence-electron chi connectivity index (χ4n) is 1.90. The lowest BCUT2D eigenvalue weighted by molar-refractivity contribution is 0.222. The third-order valence-electron chi connectivity index (χ3n) is 2.88. The van der Waals surface area contributed by atoms with Crippen LogP contribution in [-0.4, -0.2) is 31.1 Å². The molecule has 1 fully saturated rings. The lowest BCUT2D eigenvalue weighted by Gasteiger charge is -2.17. The van der Waals surface area contributed by atoms with Gasteiger partial charge in [0.25, 0.3) is 0 Å². The van der Waals surface area contributed by atoms with Crippen molar-refractivity contribution < 1.29 is 9.53 Å². The first-order valence-corrected chi connectivity index (χ1v) is 7.29. The van der Waals surface area contributed by atoms with Gasteiger partial charge >= 0.3 is 6.03 Å². The van der Waals surface area contributed by atoms with Crippen molar-refractivity contribution in [3.05, 3.63) is 21.1 Å². The molecule has 4 nitrogen and oxygen atoms in total. The lowest BCUT2D eigenvalue weighted by Crippen LogP contribution is -2.32. The Kier molecular flexibility index (Phi) is 4.50. The molecule has 0 aromatic heterocycles. The van der Waals surface area contributed by atoms with Crippen LogP contribution in [0.25, 0.3) is 0 Å². The van der Waals surface area contributed by atoms with Crippen LogP contribution >= 0.6 is 31.9 Å². The number of urea groups is 1. The number of amides is 2. The second-order valence-corrected chi connectivity index (χ2v) is 5.80. The van der Waals surface area contributed by atoms with Crippen molar-refractivity contribution in [2.24, 2.45) is 0 Å². The van der Waals surface area contributed by atoms with Crippen molar-refractivity contribution in [2.45, 2.75) is 12.8 Å². The lowest BCUT2D eigenvalue weighted by atomic mass is 10.3. The van der Waals surface area contributed by atoms with Crippen LogP contribution < -0.4 is 10.1 Å². The number of hydrogen-bond acceptors (Lipinski definition) is 2. The Hall–Kier alpha value is -0.750. The highest BCUT2D eigenvalue weighted by Gasteiger charge is 2.19. The summed E-state index contributed by atoms with van der Waals surface area (Å²) in [6, 6.07) is 3.60. The van der Waals surface area contributed by atoms with Crippen LogP contribution in [0.15, 0.2) is 21.1 Å². The van der Waals surface area contributed by atoms with E-state index >= 15 is 0 Å². The summed E-state index contributed by atoms with van der Waals surface area (Å²) in [7, 11) is 1.60. The number of carbonyl (C=O) groups excluding carboxylic acids is 1. The number of ether oxygens (including phenoxy) is 1. The molecule has 0 spiro atoms. The Morgan fingerprint density at radius 2 is 1.94 bits per heavy atom. The van der Waals surface area contributed by atoms with Gasteiger partial charge in [0, 0.05) is 23.6 Å². The van der Waals surface area contributed by atoms with Crippen molar-refractivity contribution in [2.75, 3.05) is 25.5 Å². The molecule has 0 bridgehead atoms. The van der Waals surface area contributed by atoms with E-state index in [1.165, 1.54) is 0 Å². The average Bonchev–Trinajstić information content (AvgIpc) is 2.86. The van der Waals surface area contributed by atoms with Crippen LogP contribution in [0.1, 0.15) is 12.8 Å². The van der Waals surface area contributed by atoms with Gasteiger partial charge in [-0.3, -0.25) is 0 Å². The van der Waals surface area contributed by atoms with Gasteiger partial charge in [0.2, 0.25) is 0 Å². The van der Waals surface area contributed by atoms with Crippen molar-refractivity contribution in [1.82, 2.24) is 4.90 Å². The first kappa shape index (κ1) is 13.7. The number of nitrogens with one attached hydrogen (secondary N) is 1. The Morgan fingerprint density at radius 3 is 2.56 bits per heavy atom. The molecule has 1 heterocycles. The van der Waals surface area contributed by atoms with Gasteiger partial charge in [0.05, 0.1) is 17.3 Å². The summed E-state index contributed by atoms with van der Waals surface area (Å²) in [5, 5.41) is 2.89. The standard InChI is InChI=1S/C12H14Br2N2O2/c1-18-11-7-10(8(13)6-9(11)14)15-12(17)16-4-2-3-5-16/h6-7H,2-5H2,1H3,(H,15,17). The maximum absolute atomic E-state index is 12.0. The van der Waals surface area contributed by atoms with E-state index in [1.54, 1.807) is 13.2 Å². The molecule has 0 atom stereocenters. The summed E-state index contributed by atoms with van der Waals surface area (Å²) in [5.74, 6) is 0.690. The summed E-state index contributed by atoms with van der Waals surface area (Å²) in [6.45, 7) is 1.66. The molecule has 1 N–H and O–H groups in total. The van der Waals surface area contributed by atoms with Gasteiger partial charge in [-0.2, -0.15) is 0 Å². The van der Waals surface area contributed by atoms with Crippen LogP contribution in [0.3, 0.4) is 0 Å².